The van der Waals surface area contributed by atoms with Crippen LogP contribution in [0.25, 0.3) is 0 Å². The minimum atomic E-state index is -2.69. The van der Waals surface area contributed by atoms with Crippen molar-refractivity contribution < 1.29 is 13.5 Å². The highest BCUT2D eigenvalue weighted by Gasteiger charge is 2.39. The smallest absolute Gasteiger partial charge is 0.272 e. The highest BCUT2D eigenvalue weighted by atomic mass is 127. The molecule has 0 aliphatic heterocycles. The Kier molecular flexibility index (Phi) is 12.1. The van der Waals surface area contributed by atoms with Crippen LogP contribution in [0.15, 0.2) is 24.3 Å². The number of unbranched alkanes of at least 4 members (excludes halogenated alkanes) is 7. The van der Waals surface area contributed by atoms with Crippen LogP contribution in [-0.2, 0) is 0 Å². The van der Waals surface area contributed by atoms with E-state index in [4.69, 9.17) is 4.74 Å². The van der Waals surface area contributed by atoms with E-state index in [0.717, 1.165) is 18.6 Å². The van der Waals surface area contributed by atoms with Gasteiger partial charge in [-0.3, -0.25) is 0 Å². The SMILES string of the molecule is CCCCCCCCCCSC(c1ccc(OC)cc1)C(F)(F)CI. The van der Waals surface area contributed by atoms with Crippen LogP contribution in [0.2, 0.25) is 0 Å². The maximum Gasteiger partial charge on any atom is 0.272 e. The largest absolute Gasteiger partial charge is 0.497 e. The number of benzene rings is 1. The molecule has 0 N–H and O–H groups in total. The predicted molar refractivity (Wildman–Crippen MR) is 115 cm³/mol. The molecule has 0 bridgehead atoms. The first-order valence-corrected chi connectivity index (χ1v) is 11.8. The lowest BCUT2D eigenvalue weighted by molar-refractivity contribution is 0.0279. The summed E-state index contributed by atoms with van der Waals surface area (Å²) in [6.45, 7) is 2.22. The number of rotatable bonds is 14. The molecule has 25 heavy (non-hydrogen) atoms. The van der Waals surface area contributed by atoms with Gasteiger partial charge in [-0.2, -0.15) is 0 Å². The Bertz CT molecular complexity index is 454. The van der Waals surface area contributed by atoms with Gasteiger partial charge in [-0.1, -0.05) is 86.6 Å². The molecule has 5 heteroatoms. The van der Waals surface area contributed by atoms with Crippen LogP contribution in [0.3, 0.4) is 0 Å². The topological polar surface area (TPSA) is 9.23 Å². The van der Waals surface area contributed by atoms with Gasteiger partial charge in [-0.25, -0.2) is 8.78 Å². The van der Waals surface area contributed by atoms with Crippen LogP contribution in [0, 0.1) is 0 Å². The third-order valence-corrected chi connectivity index (χ3v) is 6.75. The molecule has 144 valence electrons. The molecular formula is C20H31F2IOS. The molecule has 0 aliphatic carbocycles. The fourth-order valence-electron chi connectivity index (χ4n) is 2.75. The van der Waals surface area contributed by atoms with E-state index in [0.29, 0.717) is 11.3 Å². The average Bonchev–Trinajstić information content (AvgIpc) is 2.63. The van der Waals surface area contributed by atoms with E-state index in [9.17, 15) is 8.78 Å². The lowest BCUT2D eigenvalue weighted by Crippen LogP contribution is -2.26. The number of methoxy groups -OCH3 is 1. The lowest BCUT2D eigenvalue weighted by Gasteiger charge is -2.25. The fourth-order valence-corrected chi connectivity index (χ4v) is 4.77. The van der Waals surface area contributed by atoms with Gasteiger partial charge < -0.3 is 4.74 Å². The third kappa shape index (κ3) is 8.94. The summed E-state index contributed by atoms with van der Waals surface area (Å²) in [6.07, 6.45) is 9.89. The van der Waals surface area contributed by atoms with Crippen LogP contribution in [0.1, 0.15) is 69.1 Å². The average molecular weight is 484 g/mol. The van der Waals surface area contributed by atoms with Gasteiger partial charge in [0, 0.05) is 0 Å². The van der Waals surface area contributed by atoms with E-state index in [-0.39, 0.29) is 4.43 Å². The van der Waals surface area contributed by atoms with Crippen LogP contribution in [-0.4, -0.2) is 23.2 Å². The molecule has 0 saturated heterocycles. The molecule has 1 nitrogen and oxygen atoms in total. The summed E-state index contributed by atoms with van der Waals surface area (Å²) in [7, 11) is 1.59. The molecule has 0 fully saturated rings. The maximum atomic E-state index is 14.4. The van der Waals surface area contributed by atoms with Crippen molar-refractivity contribution in [3.8, 4) is 5.75 Å². The van der Waals surface area contributed by atoms with Gasteiger partial charge in [-0.05, 0) is 29.9 Å². The quantitative estimate of drug-likeness (QED) is 0.152. The summed E-state index contributed by atoms with van der Waals surface area (Å²) in [5.74, 6) is -1.20. The zero-order valence-corrected chi connectivity index (χ0v) is 18.4. The molecule has 0 amide bonds. The Balaban J connectivity index is 2.42. The van der Waals surface area contributed by atoms with E-state index in [1.807, 2.05) is 0 Å². The van der Waals surface area contributed by atoms with E-state index < -0.39 is 11.2 Å². The highest BCUT2D eigenvalue weighted by Crippen LogP contribution is 2.44. The number of thioether (sulfide) groups is 1. The Morgan fingerprint density at radius 2 is 1.56 bits per heavy atom. The van der Waals surface area contributed by atoms with Crippen LogP contribution < -0.4 is 4.74 Å². The van der Waals surface area contributed by atoms with Crippen molar-refractivity contribution in [1.82, 2.24) is 0 Å². The first-order chi connectivity index (χ1) is 12.0. The minimum Gasteiger partial charge on any atom is -0.497 e. The van der Waals surface area contributed by atoms with Gasteiger partial charge in [0.15, 0.2) is 0 Å². The molecule has 0 saturated carbocycles. The summed E-state index contributed by atoms with van der Waals surface area (Å²) in [4.78, 5) is 0. The molecule has 1 unspecified atom stereocenters. The van der Waals surface area contributed by atoms with Crippen molar-refractivity contribution >= 4 is 34.4 Å². The Labute approximate surface area is 169 Å². The predicted octanol–water partition coefficient (Wildman–Crippen LogP) is 7.68. The van der Waals surface area contributed by atoms with Gasteiger partial charge in [0.05, 0.1) is 16.8 Å². The van der Waals surface area contributed by atoms with E-state index in [2.05, 4.69) is 6.92 Å². The second kappa shape index (κ2) is 13.2. The molecular weight excluding hydrogens is 453 g/mol. The summed E-state index contributed by atoms with van der Waals surface area (Å²) < 4.78 is 33.7. The fraction of sp³-hybridized carbons (Fsp3) is 0.700. The molecule has 0 radical (unpaired) electrons. The summed E-state index contributed by atoms with van der Waals surface area (Å²) in [5.41, 5.74) is 0.687. The minimum absolute atomic E-state index is 0.161. The van der Waals surface area contributed by atoms with E-state index in [1.165, 1.54) is 50.3 Å². The van der Waals surface area contributed by atoms with Gasteiger partial charge in [0.1, 0.15) is 5.75 Å². The van der Waals surface area contributed by atoms with Crippen LogP contribution in [0.4, 0.5) is 8.78 Å². The first kappa shape index (κ1) is 23.0. The van der Waals surface area contributed by atoms with Gasteiger partial charge in [0.2, 0.25) is 0 Å². The van der Waals surface area contributed by atoms with Crippen molar-refractivity contribution in [2.24, 2.45) is 0 Å². The Hall–Kier alpha value is -0.0400. The number of hydrogen-bond acceptors (Lipinski definition) is 2. The molecule has 1 aromatic carbocycles. The monoisotopic (exact) mass is 484 g/mol. The van der Waals surface area contributed by atoms with Crippen molar-refractivity contribution in [2.75, 3.05) is 17.3 Å². The number of alkyl halides is 3. The van der Waals surface area contributed by atoms with Crippen molar-refractivity contribution in [3.05, 3.63) is 29.8 Å². The van der Waals surface area contributed by atoms with Crippen LogP contribution in [0.5, 0.6) is 5.75 Å². The second-order valence-corrected chi connectivity index (χ2v) is 8.37. The first-order valence-electron chi connectivity index (χ1n) is 9.24. The highest BCUT2D eigenvalue weighted by molar-refractivity contribution is 14.1. The second-order valence-electron chi connectivity index (χ2n) is 6.39. The molecule has 0 aromatic heterocycles. The van der Waals surface area contributed by atoms with Gasteiger partial charge in [0.25, 0.3) is 5.92 Å². The number of hydrogen-bond donors (Lipinski definition) is 0. The molecule has 1 aromatic rings. The summed E-state index contributed by atoms with van der Waals surface area (Å²) in [6, 6.07) is 7.07. The van der Waals surface area contributed by atoms with Crippen LogP contribution >= 0.6 is 34.4 Å². The van der Waals surface area contributed by atoms with Crippen molar-refractivity contribution in [1.29, 1.82) is 0 Å². The lowest BCUT2D eigenvalue weighted by atomic mass is 10.1. The Morgan fingerprint density at radius 3 is 2.08 bits per heavy atom. The van der Waals surface area contributed by atoms with E-state index >= 15 is 0 Å². The molecule has 0 aliphatic rings. The van der Waals surface area contributed by atoms with Crippen molar-refractivity contribution in [2.45, 2.75) is 69.5 Å². The molecule has 1 atom stereocenters. The number of ether oxygens (including phenoxy) is 1. The number of halogens is 3. The third-order valence-electron chi connectivity index (χ3n) is 4.26. The summed E-state index contributed by atoms with van der Waals surface area (Å²) >= 11 is 3.18. The van der Waals surface area contributed by atoms with Crippen molar-refractivity contribution in [3.63, 3.8) is 0 Å². The van der Waals surface area contributed by atoms with Gasteiger partial charge in [-0.15, -0.1) is 11.8 Å². The Morgan fingerprint density at radius 1 is 1.00 bits per heavy atom. The van der Waals surface area contributed by atoms with E-state index in [1.54, 1.807) is 54.0 Å². The summed E-state index contributed by atoms with van der Waals surface area (Å²) in [5, 5.41) is -0.778. The zero-order valence-electron chi connectivity index (χ0n) is 15.4. The van der Waals surface area contributed by atoms with Gasteiger partial charge >= 0.3 is 0 Å². The standard InChI is InChI=1S/C20H31F2IOS/c1-3-4-5-6-7-8-9-10-15-25-19(20(21,22)16-23)17-11-13-18(24-2)14-12-17/h11-14,19H,3-10,15-16H2,1-2H3. The molecule has 0 heterocycles. The molecule has 0 spiro atoms. The zero-order chi connectivity index (χ0) is 18.5. The molecule has 1 rings (SSSR count). The normalized spacial score (nSPS) is 13.0. The maximum absolute atomic E-state index is 14.4.